The monoisotopic (exact) mass is 245 g/mol. The molecule has 4 heteroatoms. The number of carbonyl (C=O) groups excluding carboxylic acids is 1. The average molecular weight is 245 g/mol. The SMILES string of the molecule is C=CCn1c(C(=O)OC)cc2c(OC)cccc21. The number of benzene rings is 1. The van der Waals surface area contributed by atoms with Gasteiger partial charge in [0.2, 0.25) is 0 Å². The van der Waals surface area contributed by atoms with Gasteiger partial charge in [0.1, 0.15) is 11.4 Å². The summed E-state index contributed by atoms with van der Waals surface area (Å²) >= 11 is 0. The van der Waals surface area contributed by atoms with Crippen molar-refractivity contribution in [2.45, 2.75) is 6.54 Å². The van der Waals surface area contributed by atoms with Crippen molar-refractivity contribution in [2.24, 2.45) is 0 Å². The first-order valence-corrected chi connectivity index (χ1v) is 5.58. The topological polar surface area (TPSA) is 40.5 Å². The molecular formula is C14H15NO3. The van der Waals surface area contributed by atoms with Crippen LogP contribution in [0.4, 0.5) is 0 Å². The van der Waals surface area contributed by atoms with Crippen LogP contribution in [0.25, 0.3) is 10.9 Å². The highest BCUT2D eigenvalue weighted by Gasteiger charge is 2.17. The van der Waals surface area contributed by atoms with Gasteiger partial charge in [-0.25, -0.2) is 4.79 Å². The number of ether oxygens (including phenoxy) is 2. The number of hydrogen-bond donors (Lipinski definition) is 0. The van der Waals surface area contributed by atoms with Crippen molar-refractivity contribution in [1.82, 2.24) is 4.57 Å². The summed E-state index contributed by atoms with van der Waals surface area (Å²) in [7, 11) is 2.98. The van der Waals surface area contributed by atoms with E-state index in [1.54, 1.807) is 19.3 Å². The van der Waals surface area contributed by atoms with Crippen molar-refractivity contribution in [3.05, 3.63) is 42.6 Å². The second-order valence-corrected chi connectivity index (χ2v) is 3.81. The van der Waals surface area contributed by atoms with Gasteiger partial charge in [0.05, 0.1) is 19.7 Å². The van der Waals surface area contributed by atoms with Crippen molar-refractivity contribution in [3.8, 4) is 5.75 Å². The fourth-order valence-electron chi connectivity index (χ4n) is 2.03. The Kier molecular flexibility index (Phi) is 3.37. The van der Waals surface area contributed by atoms with Crippen molar-refractivity contribution in [1.29, 1.82) is 0 Å². The molecule has 0 unspecified atom stereocenters. The van der Waals surface area contributed by atoms with Gasteiger partial charge in [-0.3, -0.25) is 0 Å². The molecule has 0 N–H and O–H groups in total. The van der Waals surface area contributed by atoms with Gasteiger partial charge >= 0.3 is 5.97 Å². The zero-order valence-electron chi connectivity index (χ0n) is 10.5. The van der Waals surface area contributed by atoms with Gasteiger partial charge in [0.25, 0.3) is 0 Å². The Morgan fingerprint density at radius 2 is 2.22 bits per heavy atom. The highest BCUT2D eigenvalue weighted by Crippen LogP contribution is 2.29. The van der Waals surface area contributed by atoms with E-state index < -0.39 is 0 Å². The molecule has 0 fully saturated rings. The normalized spacial score (nSPS) is 10.3. The van der Waals surface area contributed by atoms with Crippen LogP contribution in [0.15, 0.2) is 36.9 Å². The second-order valence-electron chi connectivity index (χ2n) is 3.81. The van der Waals surface area contributed by atoms with E-state index in [4.69, 9.17) is 9.47 Å². The zero-order chi connectivity index (χ0) is 13.1. The number of carbonyl (C=O) groups is 1. The molecule has 0 amide bonds. The first-order valence-electron chi connectivity index (χ1n) is 5.58. The van der Waals surface area contributed by atoms with Gasteiger partial charge in [-0.15, -0.1) is 6.58 Å². The summed E-state index contributed by atoms with van der Waals surface area (Å²) in [4.78, 5) is 11.8. The molecule has 0 saturated carbocycles. The molecule has 0 spiro atoms. The second kappa shape index (κ2) is 4.96. The molecule has 1 aromatic carbocycles. The number of allylic oxidation sites excluding steroid dienone is 1. The largest absolute Gasteiger partial charge is 0.496 e. The smallest absolute Gasteiger partial charge is 0.354 e. The molecule has 18 heavy (non-hydrogen) atoms. The van der Waals surface area contributed by atoms with E-state index in [-0.39, 0.29) is 5.97 Å². The van der Waals surface area contributed by atoms with Crippen molar-refractivity contribution in [2.75, 3.05) is 14.2 Å². The Morgan fingerprint density at radius 3 is 2.83 bits per heavy atom. The first kappa shape index (κ1) is 12.2. The summed E-state index contributed by atoms with van der Waals surface area (Å²) in [5.41, 5.74) is 1.42. The zero-order valence-corrected chi connectivity index (χ0v) is 10.5. The Bertz CT molecular complexity index is 598. The number of hydrogen-bond acceptors (Lipinski definition) is 3. The fourth-order valence-corrected chi connectivity index (χ4v) is 2.03. The third-order valence-corrected chi connectivity index (χ3v) is 2.83. The molecule has 0 aliphatic carbocycles. The lowest BCUT2D eigenvalue weighted by molar-refractivity contribution is 0.0589. The molecule has 2 rings (SSSR count). The lowest BCUT2D eigenvalue weighted by Gasteiger charge is -2.06. The van der Waals surface area contributed by atoms with E-state index in [1.165, 1.54) is 7.11 Å². The van der Waals surface area contributed by atoms with E-state index in [2.05, 4.69) is 6.58 Å². The number of fused-ring (bicyclic) bond motifs is 1. The van der Waals surface area contributed by atoms with Crippen LogP contribution in [-0.4, -0.2) is 24.8 Å². The van der Waals surface area contributed by atoms with Gasteiger partial charge in [-0.2, -0.15) is 0 Å². The van der Waals surface area contributed by atoms with E-state index in [1.807, 2.05) is 22.8 Å². The minimum Gasteiger partial charge on any atom is -0.496 e. The standard InChI is InChI=1S/C14H15NO3/c1-4-8-15-11-6-5-7-13(17-2)10(11)9-12(15)14(16)18-3/h4-7,9H,1,8H2,2-3H3. The summed E-state index contributed by atoms with van der Waals surface area (Å²) in [6.45, 7) is 4.25. The molecule has 2 aromatic rings. The number of aromatic nitrogens is 1. The molecule has 0 saturated heterocycles. The lowest BCUT2D eigenvalue weighted by atomic mass is 10.2. The molecular weight excluding hydrogens is 230 g/mol. The summed E-state index contributed by atoms with van der Waals surface area (Å²) in [6.07, 6.45) is 1.74. The van der Waals surface area contributed by atoms with E-state index in [0.29, 0.717) is 12.2 Å². The number of esters is 1. The molecule has 0 aliphatic rings. The van der Waals surface area contributed by atoms with E-state index in [0.717, 1.165) is 16.7 Å². The van der Waals surface area contributed by atoms with Gasteiger partial charge in [-0.05, 0) is 18.2 Å². The Labute approximate surface area is 105 Å². The Morgan fingerprint density at radius 1 is 1.44 bits per heavy atom. The van der Waals surface area contributed by atoms with Crippen LogP contribution in [-0.2, 0) is 11.3 Å². The van der Waals surface area contributed by atoms with Crippen molar-refractivity contribution < 1.29 is 14.3 Å². The van der Waals surface area contributed by atoms with Crippen molar-refractivity contribution in [3.63, 3.8) is 0 Å². The molecule has 0 aliphatic heterocycles. The maximum atomic E-state index is 11.8. The van der Waals surface area contributed by atoms with Gasteiger partial charge in [-0.1, -0.05) is 12.1 Å². The van der Waals surface area contributed by atoms with Gasteiger partial charge in [0.15, 0.2) is 0 Å². The molecule has 0 bridgehead atoms. The third-order valence-electron chi connectivity index (χ3n) is 2.83. The van der Waals surface area contributed by atoms with Crippen molar-refractivity contribution >= 4 is 16.9 Å². The van der Waals surface area contributed by atoms with Gasteiger partial charge in [0, 0.05) is 11.9 Å². The van der Waals surface area contributed by atoms with Crippen LogP contribution in [0.1, 0.15) is 10.5 Å². The van der Waals surface area contributed by atoms with Crippen LogP contribution in [0.5, 0.6) is 5.75 Å². The molecule has 94 valence electrons. The predicted molar refractivity (Wildman–Crippen MR) is 70.0 cm³/mol. The summed E-state index contributed by atoms with van der Waals surface area (Å²) < 4.78 is 11.9. The summed E-state index contributed by atoms with van der Waals surface area (Å²) in [5, 5.41) is 0.891. The number of methoxy groups -OCH3 is 2. The molecule has 1 aromatic heterocycles. The Hall–Kier alpha value is -2.23. The maximum Gasteiger partial charge on any atom is 0.354 e. The first-order chi connectivity index (χ1) is 8.72. The minimum atomic E-state index is -0.366. The van der Waals surface area contributed by atoms with Crippen LogP contribution >= 0.6 is 0 Å². The maximum absolute atomic E-state index is 11.8. The fraction of sp³-hybridized carbons (Fsp3) is 0.214. The predicted octanol–water partition coefficient (Wildman–Crippen LogP) is 2.62. The highest BCUT2D eigenvalue weighted by molar-refractivity contribution is 5.97. The summed E-state index contributed by atoms with van der Waals surface area (Å²) in [5.74, 6) is 0.371. The molecule has 4 nitrogen and oxygen atoms in total. The van der Waals surface area contributed by atoms with E-state index in [9.17, 15) is 4.79 Å². The molecule has 1 heterocycles. The third kappa shape index (κ3) is 1.86. The van der Waals surface area contributed by atoms with Crippen LogP contribution in [0, 0.1) is 0 Å². The highest BCUT2D eigenvalue weighted by atomic mass is 16.5. The number of rotatable bonds is 4. The quantitative estimate of drug-likeness (QED) is 0.614. The lowest BCUT2D eigenvalue weighted by Crippen LogP contribution is -2.09. The molecule has 0 atom stereocenters. The summed E-state index contributed by atoms with van der Waals surface area (Å²) in [6, 6.07) is 7.47. The van der Waals surface area contributed by atoms with E-state index >= 15 is 0 Å². The van der Waals surface area contributed by atoms with Crippen LogP contribution in [0.2, 0.25) is 0 Å². The number of nitrogens with zero attached hydrogens (tertiary/aromatic N) is 1. The molecule has 0 radical (unpaired) electrons. The van der Waals surface area contributed by atoms with Crippen LogP contribution < -0.4 is 4.74 Å². The average Bonchev–Trinajstić information content (AvgIpc) is 2.77. The Balaban J connectivity index is 2.73. The van der Waals surface area contributed by atoms with Crippen LogP contribution in [0.3, 0.4) is 0 Å². The van der Waals surface area contributed by atoms with Gasteiger partial charge < -0.3 is 14.0 Å². The minimum absolute atomic E-state index is 0.366.